The standard InChI is InChI=1S/C5H11O12P3/c6-18(7,8)16-4(17-19(9,10)11)5-1-13-20(12,14-2-5)15-3-5/h4H,1-3H2,(H2,6,7,8)(H2,9,10,11). The summed E-state index contributed by atoms with van der Waals surface area (Å²) in [7, 11) is -14.0. The van der Waals surface area contributed by atoms with Gasteiger partial charge in [-0.25, -0.2) is 13.7 Å². The van der Waals surface area contributed by atoms with Gasteiger partial charge in [0.2, 0.25) is 0 Å². The van der Waals surface area contributed by atoms with Crippen LogP contribution in [0.2, 0.25) is 0 Å². The molecule has 0 radical (unpaired) electrons. The Morgan fingerprint density at radius 3 is 1.60 bits per heavy atom. The summed E-state index contributed by atoms with van der Waals surface area (Å²) in [6.45, 7) is -1.31. The van der Waals surface area contributed by atoms with Gasteiger partial charge in [0, 0.05) is 0 Å². The number of phosphoric ester groups is 3. The highest BCUT2D eigenvalue weighted by atomic mass is 31.2. The zero-order chi connectivity index (χ0) is 15.2. The van der Waals surface area contributed by atoms with Crippen LogP contribution >= 0.6 is 23.5 Å². The molecule has 2 bridgehead atoms. The SMILES string of the molecule is O=P(O)(O)OC(OP(=O)(O)O)C12COP(=O)(OC1)OC2. The summed E-state index contributed by atoms with van der Waals surface area (Å²) in [6, 6.07) is 0. The van der Waals surface area contributed by atoms with Crippen molar-refractivity contribution in [1.29, 1.82) is 0 Å². The number of rotatable bonds is 5. The molecule has 118 valence electrons. The Hall–Kier alpha value is 0.330. The summed E-state index contributed by atoms with van der Waals surface area (Å²) in [5, 5.41) is 0. The van der Waals surface area contributed by atoms with Crippen molar-refractivity contribution in [2.24, 2.45) is 5.41 Å². The fraction of sp³-hybridized carbons (Fsp3) is 1.00. The molecule has 0 aliphatic carbocycles. The van der Waals surface area contributed by atoms with E-state index in [1.807, 2.05) is 0 Å². The Morgan fingerprint density at radius 2 is 1.30 bits per heavy atom. The molecule has 0 aromatic rings. The lowest BCUT2D eigenvalue weighted by Gasteiger charge is -2.46. The van der Waals surface area contributed by atoms with Crippen LogP contribution in [0.4, 0.5) is 0 Å². The van der Waals surface area contributed by atoms with E-state index in [1.165, 1.54) is 0 Å². The van der Waals surface area contributed by atoms with Crippen molar-refractivity contribution < 1.29 is 55.9 Å². The number of fused-ring (bicyclic) bond motifs is 3. The van der Waals surface area contributed by atoms with Gasteiger partial charge in [0.25, 0.3) is 0 Å². The molecular formula is C5H11O12P3. The summed E-state index contributed by atoms with van der Waals surface area (Å²) >= 11 is 0. The third-order valence-electron chi connectivity index (χ3n) is 2.50. The minimum atomic E-state index is -5.13. The molecule has 0 unspecified atom stereocenters. The largest absolute Gasteiger partial charge is 0.474 e. The van der Waals surface area contributed by atoms with Crippen molar-refractivity contribution in [3.8, 4) is 0 Å². The maximum absolute atomic E-state index is 11.5. The van der Waals surface area contributed by atoms with E-state index >= 15 is 0 Å². The van der Waals surface area contributed by atoms with Crippen molar-refractivity contribution >= 4 is 23.5 Å². The van der Waals surface area contributed by atoms with Gasteiger partial charge in [-0.3, -0.25) is 22.6 Å². The summed E-state index contributed by atoms with van der Waals surface area (Å²) in [6.07, 6.45) is -2.08. The highest BCUT2D eigenvalue weighted by Gasteiger charge is 2.58. The van der Waals surface area contributed by atoms with Crippen LogP contribution in [0.15, 0.2) is 0 Å². The maximum atomic E-state index is 11.5. The summed E-state index contributed by atoms with van der Waals surface area (Å²) < 4.78 is 55.9. The van der Waals surface area contributed by atoms with Gasteiger partial charge in [-0.1, -0.05) is 0 Å². The molecule has 4 N–H and O–H groups in total. The molecular weight excluding hydrogens is 345 g/mol. The summed E-state index contributed by atoms with van der Waals surface area (Å²) in [4.78, 5) is 35.1. The third-order valence-corrected chi connectivity index (χ3v) is 4.76. The average Bonchev–Trinajstić information content (AvgIpc) is 2.26. The minimum Gasteiger partial charge on any atom is -0.303 e. The first kappa shape index (κ1) is 16.7. The highest BCUT2D eigenvalue weighted by Crippen LogP contribution is 2.63. The lowest BCUT2D eigenvalue weighted by atomic mass is 9.90. The van der Waals surface area contributed by atoms with Gasteiger partial charge in [-0.05, 0) is 0 Å². The van der Waals surface area contributed by atoms with Gasteiger partial charge in [-0.15, -0.1) is 0 Å². The van der Waals surface area contributed by atoms with Crippen LogP contribution in [0.3, 0.4) is 0 Å². The van der Waals surface area contributed by atoms with Crippen molar-refractivity contribution in [1.82, 2.24) is 0 Å². The van der Waals surface area contributed by atoms with Gasteiger partial charge >= 0.3 is 23.5 Å². The van der Waals surface area contributed by atoms with Gasteiger partial charge in [0.05, 0.1) is 25.2 Å². The van der Waals surface area contributed by atoms with E-state index in [-0.39, 0.29) is 0 Å². The monoisotopic (exact) mass is 356 g/mol. The summed E-state index contributed by atoms with van der Waals surface area (Å²) in [5.41, 5.74) is -1.58. The molecule has 0 atom stereocenters. The number of hydrogen-bond donors (Lipinski definition) is 4. The van der Waals surface area contributed by atoms with E-state index in [2.05, 4.69) is 9.05 Å². The van der Waals surface area contributed by atoms with Gasteiger partial charge in [0.1, 0.15) is 0 Å². The Bertz CT molecular complexity index is 462. The molecule has 3 rings (SSSR count). The van der Waals surface area contributed by atoms with Crippen LogP contribution in [0.1, 0.15) is 0 Å². The van der Waals surface area contributed by atoms with Crippen LogP contribution in [-0.2, 0) is 36.3 Å². The second-order valence-corrected chi connectivity index (χ2v) is 8.21. The smallest absolute Gasteiger partial charge is 0.303 e. The molecule has 3 aliphatic rings. The van der Waals surface area contributed by atoms with Gasteiger partial charge < -0.3 is 19.6 Å². The van der Waals surface area contributed by atoms with Crippen LogP contribution in [0, 0.1) is 5.41 Å². The second-order valence-electron chi connectivity index (χ2n) is 4.15. The van der Waals surface area contributed by atoms with E-state index in [0.717, 1.165) is 0 Å². The van der Waals surface area contributed by atoms with Crippen LogP contribution < -0.4 is 0 Å². The molecule has 15 heteroatoms. The van der Waals surface area contributed by atoms with Crippen molar-refractivity contribution in [2.75, 3.05) is 19.8 Å². The predicted octanol–water partition coefficient (Wildman–Crippen LogP) is -0.297. The maximum Gasteiger partial charge on any atom is 0.474 e. The zero-order valence-corrected chi connectivity index (χ0v) is 12.3. The van der Waals surface area contributed by atoms with E-state index in [4.69, 9.17) is 33.1 Å². The molecule has 0 aromatic carbocycles. The second kappa shape index (κ2) is 5.20. The van der Waals surface area contributed by atoms with Crippen LogP contribution in [0.25, 0.3) is 0 Å². The van der Waals surface area contributed by atoms with E-state index in [1.54, 1.807) is 0 Å². The first-order valence-corrected chi connectivity index (χ1v) is 9.47. The fourth-order valence-corrected chi connectivity index (χ4v) is 4.13. The van der Waals surface area contributed by atoms with Gasteiger partial charge in [0.15, 0.2) is 6.29 Å². The van der Waals surface area contributed by atoms with Crippen LogP contribution in [0.5, 0.6) is 0 Å². The average molecular weight is 356 g/mol. The van der Waals surface area contributed by atoms with Crippen molar-refractivity contribution in [3.05, 3.63) is 0 Å². The fourth-order valence-electron chi connectivity index (χ4n) is 1.56. The minimum absolute atomic E-state index is 0.436. The quantitative estimate of drug-likeness (QED) is 0.374. The highest BCUT2D eigenvalue weighted by molar-refractivity contribution is 7.48. The summed E-state index contributed by atoms with van der Waals surface area (Å²) in [5.74, 6) is 0. The molecule has 3 fully saturated rings. The predicted molar refractivity (Wildman–Crippen MR) is 57.9 cm³/mol. The molecule has 3 aliphatic heterocycles. The Kier molecular flexibility index (Phi) is 4.34. The normalized spacial score (nSPS) is 34.6. The van der Waals surface area contributed by atoms with E-state index in [0.29, 0.717) is 0 Å². The first-order valence-electron chi connectivity index (χ1n) is 4.95. The van der Waals surface area contributed by atoms with E-state index < -0.39 is 55.0 Å². The molecule has 12 nitrogen and oxygen atoms in total. The Balaban J connectivity index is 2.24. The van der Waals surface area contributed by atoms with E-state index in [9.17, 15) is 13.7 Å². The van der Waals surface area contributed by atoms with Crippen LogP contribution in [-0.4, -0.2) is 45.7 Å². The molecule has 3 heterocycles. The first-order chi connectivity index (χ1) is 8.93. The molecule has 0 aromatic heterocycles. The van der Waals surface area contributed by atoms with Gasteiger partial charge in [-0.2, -0.15) is 0 Å². The molecule has 0 amide bonds. The topological polar surface area (TPSA) is 178 Å². The molecule has 3 saturated heterocycles. The van der Waals surface area contributed by atoms with Crippen molar-refractivity contribution in [3.63, 3.8) is 0 Å². The number of hydrogen-bond acceptors (Lipinski definition) is 8. The Labute approximate surface area is 112 Å². The third kappa shape index (κ3) is 3.95. The number of phosphoric acid groups is 3. The lowest BCUT2D eigenvalue weighted by Crippen LogP contribution is -2.53. The zero-order valence-electron chi connectivity index (χ0n) is 9.60. The molecule has 0 spiro atoms. The van der Waals surface area contributed by atoms with Crippen molar-refractivity contribution in [2.45, 2.75) is 6.29 Å². The lowest BCUT2D eigenvalue weighted by molar-refractivity contribution is -0.203. The molecule has 20 heavy (non-hydrogen) atoms. The molecule has 0 saturated carbocycles. The Morgan fingerprint density at radius 1 is 0.950 bits per heavy atom.